The Morgan fingerprint density at radius 3 is 2.62 bits per heavy atom. The molecule has 0 N–H and O–H groups in total. The lowest BCUT2D eigenvalue weighted by Gasteiger charge is -2.12. The minimum atomic E-state index is 0.640. The molecule has 0 saturated heterocycles. The molecule has 0 amide bonds. The third-order valence-electron chi connectivity index (χ3n) is 2.81. The summed E-state index contributed by atoms with van der Waals surface area (Å²) in [7, 11) is 0. The summed E-state index contributed by atoms with van der Waals surface area (Å²) in [4.78, 5) is 8.78. The summed E-state index contributed by atoms with van der Waals surface area (Å²) in [5.74, 6) is 0.640. The van der Waals surface area contributed by atoms with Crippen molar-refractivity contribution in [1.29, 1.82) is 0 Å². The molecule has 0 atom stereocenters. The number of rotatable bonds is 1. The van der Waals surface area contributed by atoms with Crippen LogP contribution in [0.1, 0.15) is 24.2 Å². The molecule has 0 unspecified atom stereocenters. The first-order valence-corrected chi connectivity index (χ1v) is 5.57. The maximum Gasteiger partial charge on any atom is 0.200 e. The van der Waals surface area contributed by atoms with Crippen LogP contribution < -0.4 is 0 Å². The van der Waals surface area contributed by atoms with Gasteiger partial charge in [-0.15, -0.1) is 5.10 Å². The third kappa shape index (κ3) is 1.66. The fraction of sp³-hybridized carbons (Fsp3) is 0.333. The number of hydrogen-bond donors (Lipinski definition) is 0. The van der Waals surface area contributed by atoms with Gasteiger partial charge in [0.15, 0.2) is 0 Å². The Kier molecular flexibility index (Phi) is 2.33. The molecule has 2 heterocycles. The van der Waals surface area contributed by atoms with Crippen molar-refractivity contribution in [2.45, 2.75) is 25.7 Å². The molecule has 16 heavy (non-hydrogen) atoms. The van der Waals surface area contributed by atoms with Crippen LogP contribution in [0, 0.1) is 0 Å². The van der Waals surface area contributed by atoms with E-state index in [-0.39, 0.29) is 0 Å². The van der Waals surface area contributed by atoms with E-state index in [2.05, 4.69) is 20.2 Å². The summed E-state index contributed by atoms with van der Waals surface area (Å²) < 4.78 is 0. The van der Waals surface area contributed by atoms with E-state index in [4.69, 9.17) is 0 Å². The average Bonchev–Trinajstić information content (AvgIpc) is 2.39. The monoisotopic (exact) mass is 212 g/mol. The van der Waals surface area contributed by atoms with Gasteiger partial charge in [-0.1, -0.05) is 6.07 Å². The minimum Gasteiger partial charge on any atom is -0.253 e. The largest absolute Gasteiger partial charge is 0.253 e. The normalized spacial score (nSPS) is 14.5. The maximum atomic E-state index is 4.55. The first-order valence-electron chi connectivity index (χ1n) is 5.57. The van der Waals surface area contributed by atoms with Crippen LogP contribution in [0.15, 0.2) is 24.4 Å². The molecule has 2 aromatic heterocycles. The minimum absolute atomic E-state index is 0.640. The molecule has 0 radical (unpaired) electrons. The second kappa shape index (κ2) is 3.96. The summed E-state index contributed by atoms with van der Waals surface area (Å²) in [6.07, 6.45) is 6.18. The van der Waals surface area contributed by atoms with Gasteiger partial charge in [-0.05, 0) is 37.8 Å². The zero-order chi connectivity index (χ0) is 10.8. The van der Waals surface area contributed by atoms with E-state index >= 15 is 0 Å². The Hall–Kier alpha value is -1.84. The molecule has 0 bridgehead atoms. The van der Waals surface area contributed by atoms with Crippen molar-refractivity contribution in [2.75, 3.05) is 0 Å². The van der Waals surface area contributed by atoms with Gasteiger partial charge in [-0.25, -0.2) is 4.98 Å². The number of pyridine rings is 1. The molecule has 0 aromatic carbocycles. The van der Waals surface area contributed by atoms with Gasteiger partial charge in [-0.3, -0.25) is 4.98 Å². The van der Waals surface area contributed by atoms with Crippen LogP contribution in [0.4, 0.5) is 0 Å². The van der Waals surface area contributed by atoms with Crippen molar-refractivity contribution in [2.24, 2.45) is 0 Å². The molecule has 4 heteroatoms. The van der Waals surface area contributed by atoms with E-state index in [1.807, 2.05) is 18.2 Å². The second-order valence-electron chi connectivity index (χ2n) is 3.95. The zero-order valence-electron chi connectivity index (χ0n) is 8.93. The van der Waals surface area contributed by atoms with Gasteiger partial charge in [0.25, 0.3) is 0 Å². The van der Waals surface area contributed by atoms with Crippen molar-refractivity contribution in [3.63, 3.8) is 0 Å². The summed E-state index contributed by atoms with van der Waals surface area (Å²) >= 11 is 0. The van der Waals surface area contributed by atoms with Gasteiger partial charge in [0.1, 0.15) is 5.69 Å². The van der Waals surface area contributed by atoms with Gasteiger partial charge in [0, 0.05) is 6.20 Å². The summed E-state index contributed by atoms with van der Waals surface area (Å²) in [6.45, 7) is 0. The molecule has 1 aliphatic carbocycles. The Labute approximate surface area is 93.8 Å². The van der Waals surface area contributed by atoms with Gasteiger partial charge >= 0.3 is 0 Å². The quantitative estimate of drug-likeness (QED) is 0.723. The molecule has 3 rings (SSSR count). The lowest BCUT2D eigenvalue weighted by molar-refractivity contribution is 0.633. The van der Waals surface area contributed by atoms with Crippen LogP contribution in [0.25, 0.3) is 11.5 Å². The maximum absolute atomic E-state index is 4.55. The highest BCUT2D eigenvalue weighted by molar-refractivity contribution is 5.47. The number of nitrogens with zero attached hydrogens (tertiary/aromatic N) is 4. The lowest BCUT2D eigenvalue weighted by Crippen LogP contribution is -2.10. The van der Waals surface area contributed by atoms with Gasteiger partial charge in [0.2, 0.25) is 5.82 Å². The van der Waals surface area contributed by atoms with Crippen LogP contribution in [0.3, 0.4) is 0 Å². The summed E-state index contributed by atoms with van der Waals surface area (Å²) in [5, 5.41) is 8.38. The zero-order valence-corrected chi connectivity index (χ0v) is 8.93. The highest BCUT2D eigenvalue weighted by Crippen LogP contribution is 2.19. The Morgan fingerprint density at radius 1 is 0.938 bits per heavy atom. The molecular formula is C12H12N4. The van der Waals surface area contributed by atoms with E-state index in [1.165, 1.54) is 12.8 Å². The molecule has 1 aliphatic rings. The predicted octanol–water partition coefficient (Wildman–Crippen LogP) is 1.81. The number of fused-ring (bicyclic) bond motifs is 1. The molecule has 80 valence electrons. The van der Waals surface area contributed by atoms with Gasteiger partial charge in [-0.2, -0.15) is 5.10 Å². The molecule has 2 aromatic rings. The SMILES string of the molecule is c1ccc(-c2nnc3c(n2)CCCC3)nc1. The third-order valence-corrected chi connectivity index (χ3v) is 2.81. The number of aryl methyl sites for hydroxylation is 2. The van der Waals surface area contributed by atoms with Crippen molar-refractivity contribution in [3.8, 4) is 11.5 Å². The standard InChI is InChI=1S/C12H12N4/c1-2-6-10-9(5-1)14-12(16-15-10)11-7-3-4-8-13-11/h3-4,7-8H,1-2,5-6H2. The van der Waals surface area contributed by atoms with E-state index in [1.54, 1.807) is 6.20 Å². The molecular weight excluding hydrogens is 200 g/mol. The molecule has 0 spiro atoms. The van der Waals surface area contributed by atoms with Crippen molar-refractivity contribution < 1.29 is 0 Å². The Bertz CT molecular complexity index is 496. The van der Waals surface area contributed by atoms with E-state index in [0.29, 0.717) is 5.82 Å². The van der Waals surface area contributed by atoms with Crippen LogP contribution in [-0.2, 0) is 12.8 Å². The van der Waals surface area contributed by atoms with Crippen molar-refractivity contribution in [3.05, 3.63) is 35.8 Å². The first-order chi connectivity index (χ1) is 7.93. The number of hydrogen-bond acceptors (Lipinski definition) is 4. The summed E-state index contributed by atoms with van der Waals surface area (Å²) in [5.41, 5.74) is 2.95. The van der Waals surface area contributed by atoms with E-state index in [9.17, 15) is 0 Å². The van der Waals surface area contributed by atoms with E-state index < -0.39 is 0 Å². The number of aromatic nitrogens is 4. The molecule has 0 aliphatic heterocycles. The van der Waals surface area contributed by atoms with Crippen LogP contribution in [0.2, 0.25) is 0 Å². The predicted molar refractivity (Wildman–Crippen MR) is 59.7 cm³/mol. The Morgan fingerprint density at radius 2 is 1.81 bits per heavy atom. The summed E-state index contributed by atoms with van der Waals surface area (Å²) in [6, 6.07) is 5.73. The van der Waals surface area contributed by atoms with Crippen LogP contribution in [0.5, 0.6) is 0 Å². The van der Waals surface area contributed by atoms with Crippen LogP contribution >= 0.6 is 0 Å². The highest BCUT2D eigenvalue weighted by Gasteiger charge is 2.14. The fourth-order valence-corrected chi connectivity index (χ4v) is 1.96. The van der Waals surface area contributed by atoms with E-state index in [0.717, 1.165) is 29.9 Å². The fourth-order valence-electron chi connectivity index (χ4n) is 1.96. The molecule has 0 fully saturated rings. The topological polar surface area (TPSA) is 51.6 Å². The smallest absolute Gasteiger partial charge is 0.200 e. The van der Waals surface area contributed by atoms with Gasteiger partial charge < -0.3 is 0 Å². The Balaban J connectivity index is 2.03. The first kappa shape index (κ1) is 9.39. The van der Waals surface area contributed by atoms with Gasteiger partial charge in [0.05, 0.1) is 11.4 Å². The second-order valence-corrected chi connectivity index (χ2v) is 3.95. The highest BCUT2D eigenvalue weighted by atomic mass is 15.2. The molecule has 4 nitrogen and oxygen atoms in total. The molecule has 0 saturated carbocycles. The lowest BCUT2D eigenvalue weighted by atomic mass is 10.0. The van der Waals surface area contributed by atoms with Crippen molar-refractivity contribution in [1.82, 2.24) is 20.2 Å². The van der Waals surface area contributed by atoms with Crippen LogP contribution in [-0.4, -0.2) is 20.2 Å². The average molecular weight is 212 g/mol. The van der Waals surface area contributed by atoms with Crippen molar-refractivity contribution >= 4 is 0 Å².